The van der Waals surface area contributed by atoms with Crippen LogP contribution < -0.4 is 5.32 Å². The van der Waals surface area contributed by atoms with Gasteiger partial charge in [-0.25, -0.2) is 4.39 Å². The average Bonchev–Trinajstić information content (AvgIpc) is 2.67. The zero-order chi connectivity index (χ0) is 14.7. The van der Waals surface area contributed by atoms with Crippen molar-refractivity contribution in [2.75, 3.05) is 13.1 Å². The smallest absolute Gasteiger partial charge is 0.264 e. The predicted molar refractivity (Wildman–Crippen MR) is 69.6 cm³/mol. The molecule has 0 saturated carbocycles. The minimum absolute atomic E-state index is 0.0269. The number of nitrogens with zero attached hydrogens (tertiary/aromatic N) is 1. The molecule has 0 bridgehead atoms. The minimum Gasteiger partial charge on any atom is -0.353 e. The normalized spacial score (nSPS) is 13.3. The highest BCUT2D eigenvalue weighted by molar-refractivity contribution is 6.21. The lowest BCUT2D eigenvalue weighted by molar-refractivity contribution is -0.120. The molecular formula is C14H13FN2O3. The van der Waals surface area contributed by atoms with E-state index >= 15 is 0 Å². The molecule has 1 heterocycles. The third-order valence-corrected chi connectivity index (χ3v) is 2.95. The average molecular weight is 276 g/mol. The topological polar surface area (TPSA) is 66.5 Å². The van der Waals surface area contributed by atoms with Gasteiger partial charge in [-0.15, -0.1) is 6.58 Å². The Labute approximate surface area is 115 Å². The van der Waals surface area contributed by atoms with Crippen molar-refractivity contribution in [3.05, 3.63) is 47.8 Å². The fraction of sp³-hybridized carbons (Fsp3) is 0.214. The van der Waals surface area contributed by atoms with Gasteiger partial charge in [-0.05, 0) is 12.1 Å². The first-order chi connectivity index (χ1) is 9.56. The molecule has 1 aliphatic rings. The number of carbonyl (C=O) groups is 3. The number of hydrogen-bond donors (Lipinski definition) is 1. The highest BCUT2D eigenvalue weighted by Crippen LogP contribution is 2.25. The van der Waals surface area contributed by atoms with Crippen molar-refractivity contribution in [1.82, 2.24) is 10.2 Å². The van der Waals surface area contributed by atoms with Gasteiger partial charge in [0.05, 0.1) is 11.1 Å². The van der Waals surface area contributed by atoms with E-state index in [4.69, 9.17) is 0 Å². The number of halogens is 1. The third kappa shape index (κ3) is 2.45. The van der Waals surface area contributed by atoms with Crippen LogP contribution in [0.2, 0.25) is 0 Å². The number of hydrogen-bond acceptors (Lipinski definition) is 3. The van der Waals surface area contributed by atoms with Gasteiger partial charge in [-0.3, -0.25) is 19.3 Å². The summed E-state index contributed by atoms with van der Waals surface area (Å²) in [7, 11) is 0. The lowest BCUT2D eigenvalue weighted by atomic mass is 10.1. The summed E-state index contributed by atoms with van der Waals surface area (Å²) in [5.74, 6) is -2.29. The van der Waals surface area contributed by atoms with Gasteiger partial charge in [0.25, 0.3) is 11.8 Å². The van der Waals surface area contributed by atoms with Crippen molar-refractivity contribution in [3.8, 4) is 0 Å². The second-order valence-electron chi connectivity index (χ2n) is 4.27. The molecule has 0 atom stereocenters. The Balaban J connectivity index is 2.07. The molecule has 20 heavy (non-hydrogen) atoms. The number of benzene rings is 1. The maximum atomic E-state index is 13.6. The van der Waals surface area contributed by atoms with Crippen LogP contribution in [0.4, 0.5) is 4.39 Å². The van der Waals surface area contributed by atoms with E-state index in [1.54, 1.807) is 0 Å². The first-order valence-electron chi connectivity index (χ1n) is 6.08. The Hall–Kier alpha value is -2.50. The lowest BCUT2D eigenvalue weighted by Gasteiger charge is -2.13. The highest BCUT2D eigenvalue weighted by Gasteiger charge is 2.37. The van der Waals surface area contributed by atoms with Crippen LogP contribution in [0.25, 0.3) is 0 Å². The Kier molecular flexibility index (Phi) is 3.93. The van der Waals surface area contributed by atoms with Crippen LogP contribution in [0, 0.1) is 5.82 Å². The van der Waals surface area contributed by atoms with E-state index < -0.39 is 17.6 Å². The fourth-order valence-corrected chi connectivity index (χ4v) is 1.98. The van der Waals surface area contributed by atoms with Crippen LogP contribution in [0.5, 0.6) is 0 Å². The van der Waals surface area contributed by atoms with E-state index in [0.29, 0.717) is 6.54 Å². The number of rotatable bonds is 5. The van der Waals surface area contributed by atoms with Gasteiger partial charge in [0.1, 0.15) is 5.82 Å². The van der Waals surface area contributed by atoms with Gasteiger partial charge < -0.3 is 5.32 Å². The largest absolute Gasteiger partial charge is 0.353 e. The quantitative estimate of drug-likeness (QED) is 0.647. The second-order valence-corrected chi connectivity index (χ2v) is 4.27. The number of amides is 3. The van der Waals surface area contributed by atoms with Crippen molar-refractivity contribution < 1.29 is 18.8 Å². The van der Waals surface area contributed by atoms with Gasteiger partial charge in [0, 0.05) is 19.5 Å². The Bertz CT molecular complexity index is 598. The Morgan fingerprint density at radius 1 is 1.35 bits per heavy atom. The number of carbonyl (C=O) groups excluding carboxylic acids is 3. The molecule has 2 rings (SSSR count). The van der Waals surface area contributed by atoms with Crippen LogP contribution in [0.15, 0.2) is 30.9 Å². The molecule has 0 spiro atoms. The first-order valence-corrected chi connectivity index (χ1v) is 6.08. The van der Waals surface area contributed by atoms with Crippen molar-refractivity contribution in [3.63, 3.8) is 0 Å². The summed E-state index contributed by atoms with van der Waals surface area (Å²) >= 11 is 0. The predicted octanol–water partition coefficient (Wildman–Crippen LogP) is 1.11. The fourth-order valence-electron chi connectivity index (χ4n) is 1.98. The van der Waals surface area contributed by atoms with Crippen LogP contribution in [0.3, 0.4) is 0 Å². The standard InChI is InChI=1S/C14H13FN2O3/c1-2-7-16-11(18)6-8-17-13(19)9-4-3-5-10(15)12(9)14(17)20/h2-5H,1,6-8H2,(H,16,18). The van der Waals surface area contributed by atoms with Crippen molar-refractivity contribution in [1.29, 1.82) is 0 Å². The van der Waals surface area contributed by atoms with Gasteiger partial charge in [0.2, 0.25) is 5.91 Å². The van der Waals surface area contributed by atoms with Crippen LogP contribution >= 0.6 is 0 Å². The monoisotopic (exact) mass is 276 g/mol. The molecule has 0 aromatic heterocycles. The number of imide groups is 1. The molecular weight excluding hydrogens is 263 g/mol. The van der Waals surface area contributed by atoms with Crippen LogP contribution in [-0.2, 0) is 4.79 Å². The third-order valence-electron chi connectivity index (χ3n) is 2.95. The molecule has 0 aliphatic carbocycles. The summed E-state index contributed by atoms with van der Waals surface area (Å²) in [6.45, 7) is 3.70. The zero-order valence-electron chi connectivity index (χ0n) is 10.7. The molecule has 0 unspecified atom stereocenters. The maximum absolute atomic E-state index is 13.6. The van der Waals surface area contributed by atoms with E-state index in [1.165, 1.54) is 18.2 Å². The lowest BCUT2D eigenvalue weighted by Crippen LogP contribution is -2.34. The van der Waals surface area contributed by atoms with Gasteiger partial charge >= 0.3 is 0 Å². The zero-order valence-corrected chi connectivity index (χ0v) is 10.7. The van der Waals surface area contributed by atoms with Crippen LogP contribution in [0.1, 0.15) is 27.1 Å². The van der Waals surface area contributed by atoms with Gasteiger partial charge in [0.15, 0.2) is 0 Å². The second kappa shape index (κ2) is 5.64. The molecule has 0 fully saturated rings. The molecule has 104 valence electrons. The van der Waals surface area contributed by atoms with Crippen LogP contribution in [-0.4, -0.2) is 35.7 Å². The SMILES string of the molecule is C=CCNC(=O)CCN1C(=O)c2cccc(F)c2C1=O. The molecule has 0 radical (unpaired) electrons. The molecule has 3 amide bonds. The molecule has 1 N–H and O–H groups in total. The van der Waals surface area contributed by atoms with E-state index in [-0.39, 0.29) is 30.0 Å². The first kappa shape index (κ1) is 13.9. The van der Waals surface area contributed by atoms with E-state index in [0.717, 1.165) is 11.0 Å². The van der Waals surface area contributed by atoms with Crippen molar-refractivity contribution >= 4 is 17.7 Å². The summed E-state index contributed by atoms with van der Waals surface area (Å²) in [5, 5.41) is 2.54. The van der Waals surface area contributed by atoms with Crippen molar-refractivity contribution in [2.24, 2.45) is 0 Å². The van der Waals surface area contributed by atoms with E-state index in [9.17, 15) is 18.8 Å². The molecule has 1 aliphatic heterocycles. The summed E-state index contributed by atoms with van der Waals surface area (Å²) in [6.07, 6.45) is 1.50. The molecule has 1 aromatic rings. The number of fused-ring (bicyclic) bond motifs is 1. The molecule has 0 saturated heterocycles. The minimum atomic E-state index is -0.723. The van der Waals surface area contributed by atoms with Crippen molar-refractivity contribution in [2.45, 2.75) is 6.42 Å². The molecule has 5 nitrogen and oxygen atoms in total. The molecule has 1 aromatic carbocycles. The summed E-state index contributed by atoms with van der Waals surface area (Å²) < 4.78 is 13.6. The molecule has 6 heteroatoms. The maximum Gasteiger partial charge on any atom is 0.264 e. The van der Waals surface area contributed by atoms with Gasteiger partial charge in [-0.1, -0.05) is 12.1 Å². The summed E-state index contributed by atoms with van der Waals surface area (Å²) in [5.41, 5.74) is -0.175. The summed E-state index contributed by atoms with van der Waals surface area (Å²) in [4.78, 5) is 36.3. The summed E-state index contributed by atoms with van der Waals surface area (Å²) in [6, 6.07) is 3.90. The Morgan fingerprint density at radius 2 is 2.10 bits per heavy atom. The van der Waals surface area contributed by atoms with E-state index in [1.807, 2.05) is 0 Å². The Morgan fingerprint density at radius 3 is 2.75 bits per heavy atom. The number of nitrogens with one attached hydrogen (secondary N) is 1. The van der Waals surface area contributed by atoms with Gasteiger partial charge in [-0.2, -0.15) is 0 Å². The highest BCUT2D eigenvalue weighted by atomic mass is 19.1. The van der Waals surface area contributed by atoms with E-state index in [2.05, 4.69) is 11.9 Å².